The summed E-state index contributed by atoms with van der Waals surface area (Å²) in [5, 5.41) is 13.7. The van der Waals surface area contributed by atoms with E-state index in [-0.39, 0.29) is 12.6 Å². The van der Waals surface area contributed by atoms with E-state index in [2.05, 4.69) is 15.0 Å². The largest absolute Gasteiger partial charge is 0.395 e. The minimum atomic E-state index is 0.117. The Morgan fingerprint density at radius 1 is 1.45 bits per heavy atom. The Balaban J connectivity index is 1.86. The fraction of sp³-hybridized carbons (Fsp3) is 0.571. The van der Waals surface area contributed by atoms with Crippen LogP contribution in [0.1, 0.15) is 28.4 Å². The molecule has 20 heavy (non-hydrogen) atoms. The Morgan fingerprint density at radius 3 is 2.90 bits per heavy atom. The molecule has 2 aromatic rings. The average molecular weight is 276 g/mol. The van der Waals surface area contributed by atoms with Gasteiger partial charge in [0, 0.05) is 43.9 Å². The lowest BCUT2D eigenvalue weighted by Crippen LogP contribution is -2.42. The lowest BCUT2D eigenvalue weighted by molar-refractivity contribution is 0.0961. The molecule has 3 rings (SSSR count). The fourth-order valence-corrected chi connectivity index (χ4v) is 2.87. The molecule has 0 bridgehead atoms. The van der Waals surface area contributed by atoms with Gasteiger partial charge >= 0.3 is 0 Å². The van der Waals surface area contributed by atoms with E-state index in [9.17, 15) is 5.11 Å². The zero-order chi connectivity index (χ0) is 14.3. The first-order chi connectivity index (χ1) is 9.60. The van der Waals surface area contributed by atoms with Crippen LogP contribution in [0.2, 0.25) is 0 Å². The SMILES string of the molecule is Cc1noc(C)c1CN1Cc2ncn(C)c2C[C@@H]1CO. The quantitative estimate of drug-likeness (QED) is 0.904. The van der Waals surface area contributed by atoms with Gasteiger partial charge in [0.1, 0.15) is 5.76 Å². The number of rotatable bonds is 3. The van der Waals surface area contributed by atoms with Crippen molar-refractivity contribution in [2.75, 3.05) is 6.61 Å². The van der Waals surface area contributed by atoms with Gasteiger partial charge in [-0.3, -0.25) is 4.90 Å². The minimum Gasteiger partial charge on any atom is -0.395 e. The first kappa shape index (κ1) is 13.3. The Morgan fingerprint density at radius 2 is 2.25 bits per heavy atom. The van der Waals surface area contributed by atoms with Crippen LogP contribution in [0.5, 0.6) is 0 Å². The number of aryl methyl sites for hydroxylation is 3. The Kier molecular flexibility index (Phi) is 3.35. The molecule has 0 saturated carbocycles. The summed E-state index contributed by atoms with van der Waals surface area (Å²) in [5.74, 6) is 0.853. The molecule has 6 nitrogen and oxygen atoms in total. The van der Waals surface area contributed by atoms with Crippen LogP contribution in [0.4, 0.5) is 0 Å². The Bertz CT molecular complexity index is 597. The highest BCUT2D eigenvalue weighted by Gasteiger charge is 2.29. The summed E-state index contributed by atoms with van der Waals surface area (Å²) in [4.78, 5) is 6.70. The van der Waals surface area contributed by atoms with Crippen molar-refractivity contribution in [1.82, 2.24) is 19.6 Å². The molecule has 0 amide bonds. The van der Waals surface area contributed by atoms with Gasteiger partial charge in [-0.2, -0.15) is 0 Å². The topological polar surface area (TPSA) is 67.3 Å². The number of nitrogens with zero attached hydrogens (tertiary/aromatic N) is 4. The second-order valence-corrected chi connectivity index (χ2v) is 5.50. The third kappa shape index (κ3) is 2.14. The van der Waals surface area contributed by atoms with E-state index in [0.717, 1.165) is 42.2 Å². The fourth-order valence-electron chi connectivity index (χ4n) is 2.87. The van der Waals surface area contributed by atoms with E-state index in [1.165, 1.54) is 5.69 Å². The van der Waals surface area contributed by atoms with Crippen LogP contribution in [-0.2, 0) is 26.6 Å². The highest BCUT2D eigenvalue weighted by Crippen LogP contribution is 2.25. The van der Waals surface area contributed by atoms with Crippen LogP contribution in [-0.4, -0.2) is 37.4 Å². The molecule has 1 aliphatic rings. The molecule has 0 unspecified atom stereocenters. The van der Waals surface area contributed by atoms with Gasteiger partial charge in [-0.15, -0.1) is 0 Å². The molecule has 0 aromatic carbocycles. The summed E-state index contributed by atoms with van der Waals surface area (Å²) < 4.78 is 7.27. The normalized spacial score (nSPS) is 19.3. The zero-order valence-electron chi connectivity index (χ0n) is 12.1. The van der Waals surface area contributed by atoms with Crippen LogP contribution in [0, 0.1) is 13.8 Å². The maximum atomic E-state index is 9.67. The summed E-state index contributed by atoms with van der Waals surface area (Å²) in [6, 6.07) is 0.117. The molecule has 0 spiro atoms. The standard InChI is InChI=1S/C14H20N4O2/c1-9-12(10(2)20-16-9)5-18-6-13-14(4-11(18)7-19)17(3)8-15-13/h8,11,19H,4-7H2,1-3H3/t11-/m1/s1. The van der Waals surface area contributed by atoms with E-state index >= 15 is 0 Å². The molecule has 0 fully saturated rings. The van der Waals surface area contributed by atoms with E-state index in [1.807, 2.05) is 31.8 Å². The Labute approximate surface area is 118 Å². The predicted octanol–water partition coefficient (Wildman–Crippen LogP) is 0.944. The van der Waals surface area contributed by atoms with Gasteiger partial charge in [-0.1, -0.05) is 5.16 Å². The van der Waals surface area contributed by atoms with Gasteiger partial charge in [-0.05, 0) is 13.8 Å². The summed E-state index contributed by atoms with van der Waals surface area (Å²) in [6.07, 6.45) is 2.67. The van der Waals surface area contributed by atoms with Crippen molar-refractivity contribution in [2.45, 2.75) is 39.4 Å². The molecular formula is C14H20N4O2. The van der Waals surface area contributed by atoms with Crippen LogP contribution >= 0.6 is 0 Å². The molecule has 0 aliphatic carbocycles. The number of aliphatic hydroxyl groups is 1. The summed E-state index contributed by atoms with van der Waals surface area (Å²) in [5.41, 5.74) is 4.36. The second-order valence-electron chi connectivity index (χ2n) is 5.50. The van der Waals surface area contributed by atoms with Gasteiger partial charge < -0.3 is 14.2 Å². The van der Waals surface area contributed by atoms with Gasteiger partial charge in [-0.25, -0.2) is 4.98 Å². The molecule has 3 heterocycles. The first-order valence-electron chi connectivity index (χ1n) is 6.86. The molecular weight excluding hydrogens is 256 g/mol. The molecule has 2 aromatic heterocycles. The van der Waals surface area contributed by atoms with Gasteiger partial charge in [0.25, 0.3) is 0 Å². The zero-order valence-corrected chi connectivity index (χ0v) is 12.1. The highest BCUT2D eigenvalue weighted by molar-refractivity contribution is 5.23. The van der Waals surface area contributed by atoms with E-state index in [0.29, 0.717) is 0 Å². The average Bonchev–Trinajstić information content (AvgIpc) is 2.95. The van der Waals surface area contributed by atoms with Gasteiger partial charge in [0.15, 0.2) is 0 Å². The number of aromatic nitrogens is 3. The van der Waals surface area contributed by atoms with Gasteiger partial charge in [0.05, 0.1) is 24.3 Å². The van der Waals surface area contributed by atoms with Crippen LogP contribution < -0.4 is 0 Å². The number of hydrogen-bond donors (Lipinski definition) is 1. The van der Waals surface area contributed by atoms with E-state index in [4.69, 9.17) is 4.52 Å². The van der Waals surface area contributed by atoms with E-state index in [1.54, 1.807) is 0 Å². The maximum absolute atomic E-state index is 9.67. The Hall–Kier alpha value is -1.66. The minimum absolute atomic E-state index is 0.117. The molecule has 1 aliphatic heterocycles. The molecule has 6 heteroatoms. The predicted molar refractivity (Wildman–Crippen MR) is 73.0 cm³/mol. The van der Waals surface area contributed by atoms with E-state index < -0.39 is 0 Å². The van der Waals surface area contributed by atoms with Crippen molar-refractivity contribution in [3.05, 3.63) is 34.7 Å². The van der Waals surface area contributed by atoms with Crippen molar-refractivity contribution in [2.24, 2.45) is 7.05 Å². The van der Waals surface area contributed by atoms with Crippen LogP contribution in [0.15, 0.2) is 10.9 Å². The maximum Gasteiger partial charge on any atom is 0.138 e. The first-order valence-corrected chi connectivity index (χ1v) is 6.86. The molecule has 1 atom stereocenters. The monoisotopic (exact) mass is 276 g/mol. The van der Waals surface area contributed by atoms with Gasteiger partial charge in [0.2, 0.25) is 0 Å². The molecule has 0 saturated heterocycles. The lowest BCUT2D eigenvalue weighted by Gasteiger charge is -2.34. The van der Waals surface area contributed by atoms with Crippen molar-refractivity contribution < 1.29 is 9.63 Å². The summed E-state index contributed by atoms with van der Waals surface area (Å²) in [6.45, 7) is 5.53. The second kappa shape index (κ2) is 5.03. The van der Waals surface area contributed by atoms with Crippen molar-refractivity contribution >= 4 is 0 Å². The lowest BCUT2D eigenvalue weighted by atomic mass is 10.0. The van der Waals surface area contributed by atoms with Crippen molar-refractivity contribution in [3.63, 3.8) is 0 Å². The number of imidazole rings is 1. The van der Waals surface area contributed by atoms with Crippen LogP contribution in [0.25, 0.3) is 0 Å². The molecule has 0 radical (unpaired) electrons. The molecule has 1 N–H and O–H groups in total. The molecule has 108 valence electrons. The number of hydrogen-bond acceptors (Lipinski definition) is 5. The number of fused-ring (bicyclic) bond motifs is 1. The number of aliphatic hydroxyl groups excluding tert-OH is 1. The van der Waals surface area contributed by atoms with Crippen LogP contribution in [0.3, 0.4) is 0 Å². The van der Waals surface area contributed by atoms with Crippen molar-refractivity contribution in [3.8, 4) is 0 Å². The highest BCUT2D eigenvalue weighted by atomic mass is 16.5. The smallest absolute Gasteiger partial charge is 0.138 e. The van der Waals surface area contributed by atoms with Crippen molar-refractivity contribution in [1.29, 1.82) is 0 Å². The summed E-state index contributed by atoms with van der Waals surface area (Å²) in [7, 11) is 2.00. The summed E-state index contributed by atoms with van der Waals surface area (Å²) >= 11 is 0. The third-order valence-corrected chi connectivity index (χ3v) is 4.20. The third-order valence-electron chi connectivity index (χ3n) is 4.20.